The molecule has 1 aromatic carbocycles. The molecule has 0 atom stereocenters. The van der Waals surface area contributed by atoms with Gasteiger partial charge in [0.2, 0.25) is 0 Å². The van der Waals surface area contributed by atoms with Gasteiger partial charge < -0.3 is 0 Å². The van der Waals surface area contributed by atoms with Gasteiger partial charge in [0.15, 0.2) is 0 Å². The quantitative estimate of drug-likeness (QED) is 0.591. The van der Waals surface area contributed by atoms with Crippen molar-refractivity contribution in [2.45, 2.75) is 6.92 Å². The smallest absolute Gasteiger partial charge is 0.0408 e. The highest BCUT2D eigenvalue weighted by atomic mass is 35.5. The van der Waals surface area contributed by atoms with Gasteiger partial charge in [-0.1, -0.05) is 23.7 Å². The Hall–Kier alpha value is -0.780. The van der Waals surface area contributed by atoms with E-state index in [2.05, 4.69) is 0 Å². The van der Waals surface area contributed by atoms with Gasteiger partial charge in [0.1, 0.15) is 0 Å². The second-order valence-corrected chi connectivity index (χ2v) is 2.24. The maximum atomic E-state index is 6.00. The summed E-state index contributed by atoms with van der Waals surface area (Å²) >= 11 is 5.64. The van der Waals surface area contributed by atoms with E-state index in [1.165, 1.54) is 5.56 Å². The fraction of sp³-hybridized carbons (Fsp3) is 0.143. The van der Waals surface area contributed by atoms with E-state index in [-0.39, 0.29) is 12.4 Å². The van der Waals surface area contributed by atoms with Gasteiger partial charge in [-0.05, 0) is 24.6 Å². The summed E-state index contributed by atoms with van der Waals surface area (Å²) in [4.78, 5) is 0. The third-order valence-corrected chi connectivity index (χ3v) is 1.22. The first-order valence-electron chi connectivity index (χ1n) is 2.71. The van der Waals surface area contributed by atoms with Crippen LogP contribution in [0.4, 0.5) is 0 Å². The fourth-order valence-corrected chi connectivity index (χ4v) is 0.850. The van der Waals surface area contributed by atoms with Crippen LogP contribution < -0.4 is 0 Å². The van der Waals surface area contributed by atoms with Crippen LogP contribution in [0.3, 0.4) is 0 Å². The van der Waals surface area contributed by atoms with Gasteiger partial charge in [-0.25, -0.2) is 0 Å². The molecule has 0 aromatic heterocycles. The highest BCUT2D eigenvalue weighted by molar-refractivity contribution is 6.30. The molecule has 11 heavy (non-hydrogen) atoms. The Morgan fingerprint density at radius 1 is 1.27 bits per heavy atom. The molecule has 2 nitrogen and oxygen atoms in total. The molecule has 0 amide bonds. The van der Waals surface area contributed by atoms with Crippen LogP contribution in [0.2, 0.25) is 5.02 Å². The number of rotatable bonds is 0. The predicted octanol–water partition coefficient (Wildman–Crippen LogP) is 3.10. The molecule has 0 aliphatic heterocycles. The molecule has 0 saturated heterocycles. The maximum Gasteiger partial charge on any atom is 0.0408 e. The van der Waals surface area contributed by atoms with E-state index in [0.29, 0.717) is 0 Å². The Kier molecular flexibility index (Phi) is 8.57. The van der Waals surface area contributed by atoms with Gasteiger partial charge in [0, 0.05) is 15.8 Å². The van der Waals surface area contributed by atoms with E-state index in [1.807, 2.05) is 31.2 Å². The topological polar surface area (TPSA) is 47.6 Å². The van der Waals surface area contributed by atoms with Gasteiger partial charge in [-0.3, -0.25) is 0 Å². The van der Waals surface area contributed by atoms with Crippen LogP contribution in [0.1, 0.15) is 5.56 Å². The van der Waals surface area contributed by atoms with Crippen LogP contribution in [0.25, 0.3) is 0 Å². The van der Waals surface area contributed by atoms with Crippen molar-refractivity contribution in [1.29, 1.82) is 10.8 Å². The van der Waals surface area contributed by atoms with Crippen molar-refractivity contribution in [3.8, 4) is 0 Å². The van der Waals surface area contributed by atoms with Crippen molar-refractivity contribution in [2.75, 3.05) is 0 Å². The minimum Gasteiger partial charge on any atom is -0.147 e. The molecular formula is C7H8Cl2N2. The summed E-state index contributed by atoms with van der Waals surface area (Å²) in [6.07, 6.45) is 0. The molecule has 0 fully saturated rings. The van der Waals surface area contributed by atoms with Crippen LogP contribution in [0.15, 0.2) is 24.3 Å². The SMILES string of the molecule is Cc1cccc(Cl)c1.Cl.N#N. The largest absolute Gasteiger partial charge is 0.147 e. The molecule has 0 spiro atoms. The van der Waals surface area contributed by atoms with E-state index < -0.39 is 0 Å². The first-order chi connectivity index (χ1) is 4.79. The van der Waals surface area contributed by atoms with Crippen molar-refractivity contribution in [3.05, 3.63) is 34.9 Å². The van der Waals surface area contributed by atoms with Gasteiger partial charge in [0.25, 0.3) is 0 Å². The number of aryl methyl sites for hydroxylation is 1. The van der Waals surface area contributed by atoms with Gasteiger partial charge >= 0.3 is 0 Å². The summed E-state index contributed by atoms with van der Waals surface area (Å²) < 4.78 is 0. The molecule has 0 aliphatic carbocycles. The molecule has 0 unspecified atom stereocenters. The summed E-state index contributed by atoms with van der Waals surface area (Å²) in [5.74, 6) is 0. The lowest BCUT2D eigenvalue weighted by Gasteiger charge is -1.88. The Bertz CT molecular complexity index is 205. The van der Waals surface area contributed by atoms with E-state index in [0.717, 1.165) is 5.02 Å². The zero-order valence-electron chi connectivity index (χ0n) is 5.99. The summed E-state index contributed by atoms with van der Waals surface area (Å²) in [7, 11) is 0. The molecule has 4 heteroatoms. The van der Waals surface area contributed by atoms with Crippen LogP contribution in [0, 0.1) is 17.7 Å². The summed E-state index contributed by atoms with van der Waals surface area (Å²) in [5, 5.41) is 12.8. The standard InChI is InChI=1S/C7H7Cl.ClH.N2/c1-6-3-2-4-7(8)5-6;;1-2/h2-5H,1H3;1H;. The Balaban J connectivity index is 0. The minimum atomic E-state index is 0. The normalized spacial score (nSPS) is 6.91. The Morgan fingerprint density at radius 3 is 2.09 bits per heavy atom. The Labute approximate surface area is 77.0 Å². The van der Waals surface area contributed by atoms with Crippen molar-refractivity contribution in [1.82, 2.24) is 0 Å². The van der Waals surface area contributed by atoms with Crippen molar-refractivity contribution < 1.29 is 0 Å². The van der Waals surface area contributed by atoms with Crippen molar-refractivity contribution in [2.24, 2.45) is 0 Å². The Morgan fingerprint density at radius 2 is 1.82 bits per heavy atom. The van der Waals surface area contributed by atoms with Gasteiger partial charge in [0.05, 0.1) is 0 Å². The van der Waals surface area contributed by atoms with Crippen molar-refractivity contribution in [3.63, 3.8) is 0 Å². The molecule has 1 aromatic rings. The van der Waals surface area contributed by atoms with E-state index in [4.69, 9.17) is 22.4 Å². The lowest BCUT2D eigenvalue weighted by Crippen LogP contribution is -1.66. The molecular weight excluding hydrogens is 183 g/mol. The average Bonchev–Trinajstić information content (AvgIpc) is 1.91. The number of halogens is 2. The molecule has 0 saturated carbocycles. The number of nitrogens with zero attached hydrogens (tertiary/aromatic N) is 2. The predicted molar refractivity (Wildman–Crippen MR) is 46.9 cm³/mol. The highest BCUT2D eigenvalue weighted by Crippen LogP contribution is 2.08. The van der Waals surface area contributed by atoms with Gasteiger partial charge in [-0.2, -0.15) is 0 Å². The van der Waals surface area contributed by atoms with Crippen LogP contribution in [-0.2, 0) is 0 Å². The third kappa shape index (κ3) is 5.65. The summed E-state index contributed by atoms with van der Waals surface area (Å²) in [6.45, 7) is 2.02. The molecule has 0 N–H and O–H groups in total. The second-order valence-electron chi connectivity index (χ2n) is 1.80. The highest BCUT2D eigenvalue weighted by Gasteiger charge is 1.82. The molecule has 0 radical (unpaired) electrons. The third-order valence-electron chi connectivity index (χ3n) is 0.980. The molecule has 0 bridgehead atoms. The molecule has 1 rings (SSSR count). The maximum absolute atomic E-state index is 6.00. The summed E-state index contributed by atoms with van der Waals surface area (Å²) in [6, 6.07) is 7.76. The summed E-state index contributed by atoms with van der Waals surface area (Å²) in [5.41, 5.74) is 1.21. The van der Waals surface area contributed by atoms with Crippen LogP contribution >= 0.6 is 24.0 Å². The first kappa shape index (κ1) is 12.9. The van der Waals surface area contributed by atoms with E-state index in [1.54, 1.807) is 0 Å². The number of hydrogen-bond donors (Lipinski definition) is 0. The van der Waals surface area contributed by atoms with E-state index >= 15 is 0 Å². The minimum absolute atomic E-state index is 0. The average molecular weight is 191 g/mol. The van der Waals surface area contributed by atoms with Crippen molar-refractivity contribution >= 4 is 24.0 Å². The monoisotopic (exact) mass is 190 g/mol. The molecule has 0 heterocycles. The molecule has 60 valence electrons. The fourth-order valence-electron chi connectivity index (χ4n) is 0.606. The first-order valence-corrected chi connectivity index (χ1v) is 3.09. The lowest BCUT2D eigenvalue weighted by atomic mass is 10.2. The lowest BCUT2D eigenvalue weighted by molar-refractivity contribution is 1.15. The second kappa shape index (κ2) is 7.33. The van der Waals surface area contributed by atoms with Crippen LogP contribution in [-0.4, -0.2) is 0 Å². The van der Waals surface area contributed by atoms with Gasteiger partial charge in [-0.15, -0.1) is 12.4 Å². The van der Waals surface area contributed by atoms with Crippen LogP contribution in [0.5, 0.6) is 0 Å². The zero-order chi connectivity index (χ0) is 7.98. The number of hydrogen-bond acceptors (Lipinski definition) is 2. The zero-order valence-corrected chi connectivity index (χ0v) is 7.56. The van der Waals surface area contributed by atoms with E-state index in [9.17, 15) is 0 Å². The molecule has 0 aliphatic rings. The number of benzene rings is 1.